The van der Waals surface area contributed by atoms with Crippen LogP contribution in [0.2, 0.25) is 0 Å². The molecule has 2 aromatic carbocycles. The van der Waals surface area contributed by atoms with Crippen molar-refractivity contribution in [1.82, 2.24) is 4.98 Å². The molecule has 1 aromatic heterocycles. The summed E-state index contributed by atoms with van der Waals surface area (Å²) in [4.78, 5) is 4.50. The molecule has 3 aromatic rings. The smallest absolute Gasteiger partial charge is 0.0780 e. The second kappa shape index (κ2) is 5.21. The van der Waals surface area contributed by atoms with Crippen LogP contribution < -0.4 is 0 Å². The molecule has 2 heteroatoms. The van der Waals surface area contributed by atoms with Gasteiger partial charge in [0.1, 0.15) is 0 Å². The van der Waals surface area contributed by atoms with Crippen LogP contribution in [-0.4, -0.2) is 16.7 Å². The van der Waals surface area contributed by atoms with Crippen molar-refractivity contribution >= 4 is 10.8 Å². The van der Waals surface area contributed by atoms with Gasteiger partial charge in [-0.05, 0) is 23.4 Å². The minimum atomic E-state index is 0.186. The van der Waals surface area contributed by atoms with Gasteiger partial charge >= 0.3 is 0 Å². The normalized spacial score (nSPS) is 10.8. The van der Waals surface area contributed by atoms with Crippen molar-refractivity contribution in [2.45, 2.75) is 6.42 Å². The van der Waals surface area contributed by atoms with Crippen LogP contribution in [0, 0.1) is 0 Å². The van der Waals surface area contributed by atoms with Gasteiger partial charge in [0.15, 0.2) is 0 Å². The fourth-order valence-corrected chi connectivity index (χ4v) is 2.31. The minimum Gasteiger partial charge on any atom is -0.396 e. The summed E-state index contributed by atoms with van der Waals surface area (Å²) in [6, 6.07) is 18.5. The third-order valence-corrected chi connectivity index (χ3v) is 3.30. The van der Waals surface area contributed by atoms with Gasteiger partial charge in [0, 0.05) is 23.8 Å². The van der Waals surface area contributed by atoms with Crippen LogP contribution in [0.15, 0.2) is 60.8 Å². The quantitative estimate of drug-likeness (QED) is 0.771. The van der Waals surface area contributed by atoms with Crippen molar-refractivity contribution in [3.8, 4) is 11.3 Å². The lowest BCUT2D eigenvalue weighted by molar-refractivity contribution is 0.299. The Morgan fingerprint density at radius 3 is 2.47 bits per heavy atom. The predicted octanol–water partition coefficient (Wildman–Crippen LogP) is 3.44. The number of aliphatic hydroxyl groups excluding tert-OH is 1. The monoisotopic (exact) mass is 249 g/mol. The summed E-state index contributed by atoms with van der Waals surface area (Å²) in [7, 11) is 0. The number of aromatic nitrogens is 1. The molecule has 0 aliphatic carbocycles. The zero-order valence-corrected chi connectivity index (χ0v) is 10.6. The average molecular weight is 249 g/mol. The zero-order valence-electron chi connectivity index (χ0n) is 10.6. The first kappa shape index (κ1) is 11.9. The molecule has 0 saturated heterocycles. The standard InChI is InChI=1S/C17H15NO/c19-12-10-13-5-7-15(8-6-13)17-16-4-2-1-3-14(16)9-11-18-17/h1-9,11,19H,10,12H2. The molecular formula is C17H15NO. The second-order valence-corrected chi connectivity index (χ2v) is 4.55. The highest BCUT2D eigenvalue weighted by Crippen LogP contribution is 2.26. The summed E-state index contributed by atoms with van der Waals surface area (Å²) >= 11 is 0. The maximum absolute atomic E-state index is 8.94. The van der Waals surface area contributed by atoms with Crippen molar-refractivity contribution < 1.29 is 5.11 Å². The molecule has 94 valence electrons. The number of hydrogen-bond acceptors (Lipinski definition) is 2. The maximum atomic E-state index is 8.94. The van der Waals surface area contributed by atoms with Crippen molar-refractivity contribution in [2.75, 3.05) is 6.61 Å². The Kier molecular flexibility index (Phi) is 3.25. The van der Waals surface area contributed by atoms with Crippen molar-refractivity contribution in [3.63, 3.8) is 0 Å². The van der Waals surface area contributed by atoms with Gasteiger partial charge in [0.05, 0.1) is 5.69 Å². The molecule has 0 spiro atoms. The Labute approximate surface area is 112 Å². The number of aliphatic hydroxyl groups is 1. The molecule has 0 atom stereocenters. The van der Waals surface area contributed by atoms with Gasteiger partial charge in [-0.25, -0.2) is 0 Å². The Hall–Kier alpha value is -2.19. The molecule has 0 unspecified atom stereocenters. The van der Waals surface area contributed by atoms with Crippen LogP contribution in [-0.2, 0) is 6.42 Å². The molecule has 0 amide bonds. The van der Waals surface area contributed by atoms with Crippen LogP contribution in [0.4, 0.5) is 0 Å². The molecule has 0 bridgehead atoms. The molecule has 0 radical (unpaired) electrons. The lowest BCUT2D eigenvalue weighted by atomic mass is 10.0. The van der Waals surface area contributed by atoms with Crippen LogP contribution in [0.5, 0.6) is 0 Å². The fraction of sp³-hybridized carbons (Fsp3) is 0.118. The van der Waals surface area contributed by atoms with E-state index in [4.69, 9.17) is 5.11 Å². The van der Waals surface area contributed by atoms with Crippen molar-refractivity contribution in [1.29, 1.82) is 0 Å². The molecule has 1 N–H and O–H groups in total. The number of pyridine rings is 1. The van der Waals surface area contributed by atoms with Gasteiger partial charge in [-0.1, -0.05) is 48.5 Å². The number of fused-ring (bicyclic) bond motifs is 1. The van der Waals surface area contributed by atoms with E-state index < -0.39 is 0 Å². The summed E-state index contributed by atoms with van der Waals surface area (Å²) in [5, 5.41) is 11.3. The van der Waals surface area contributed by atoms with Gasteiger partial charge < -0.3 is 5.11 Å². The van der Waals surface area contributed by atoms with E-state index >= 15 is 0 Å². The molecule has 3 rings (SSSR count). The van der Waals surface area contributed by atoms with E-state index in [1.165, 1.54) is 10.8 Å². The Bertz CT molecular complexity index is 684. The molecule has 2 nitrogen and oxygen atoms in total. The number of benzene rings is 2. The predicted molar refractivity (Wildman–Crippen MR) is 78.0 cm³/mol. The van der Waals surface area contributed by atoms with E-state index in [0.29, 0.717) is 6.42 Å². The highest BCUT2D eigenvalue weighted by atomic mass is 16.2. The van der Waals surface area contributed by atoms with E-state index in [9.17, 15) is 0 Å². The van der Waals surface area contributed by atoms with Crippen LogP contribution in [0.1, 0.15) is 5.56 Å². The highest BCUT2D eigenvalue weighted by molar-refractivity contribution is 5.94. The zero-order chi connectivity index (χ0) is 13.1. The summed E-state index contributed by atoms with van der Waals surface area (Å²) in [5.74, 6) is 0. The van der Waals surface area contributed by atoms with Crippen molar-refractivity contribution in [3.05, 3.63) is 66.4 Å². The Morgan fingerprint density at radius 1 is 0.895 bits per heavy atom. The van der Waals surface area contributed by atoms with Gasteiger partial charge in [-0.3, -0.25) is 4.98 Å². The van der Waals surface area contributed by atoms with E-state index in [2.05, 4.69) is 41.4 Å². The molecule has 0 fully saturated rings. The fourth-order valence-electron chi connectivity index (χ4n) is 2.31. The average Bonchev–Trinajstić information content (AvgIpc) is 2.48. The maximum Gasteiger partial charge on any atom is 0.0780 e. The van der Waals surface area contributed by atoms with E-state index in [1.54, 1.807) is 0 Å². The second-order valence-electron chi connectivity index (χ2n) is 4.55. The van der Waals surface area contributed by atoms with Crippen LogP contribution >= 0.6 is 0 Å². The Morgan fingerprint density at radius 2 is 1.68 bits per heavy atom. The summed E-state index contributed by atoms with van der Waals surface area (Å²) in [6.45, 7) is 0.186. The summed E-state index contributed by atoms with van der Waals surface area (Å²) in [6.07, 6.45) is 2.54. The first-order valence-corrected chi connectivity index (χ1v) is 6.42. The van der Waals surface area contributed by atoms with E-state index in [0.717, 1.165) is 16.8 Å². The summed E-state index contributed by atoms with van der Waals surface area (Å²) < 4.78 is 0. The van der Waals surface area contributed by atoms with E-state index in [1.807, 2.05) is 24.4 Å². The first-order chi connectivity index (χ1) is 9.38. The van der Waals surface area contributed by atoms with Gasteiger partial charge in [0.2, 0.25) is 0 Å². The van der Waals surface area contributed by atoms with Gasteiger partial charge in [-0.15, -0.1) is 0 Å². The molecular weight excluding hydrogens is 234 g/mol. The number of rotatable bonds is 3. The first-order valence-electron chi connectivity index (χ1n) is 6.42. The molecule has 19 heavy (non-hydrogen) atoms. The molecule has 0 aliphatic rings. The van der Waals surface area contributed by atoms with Crippen LogP contribution in [0.3, 0.4) is 0 Å². The molecule has 0 aliphatic heterocycles. The van der Waals surface area contributed by atoms with E-state index in [-0.39, 0.29) is 6.61 Å². The minimum absolute atomic E-state index is 0.186. The van der Waals surface area contributed by atoms with Gasteiger partial charge in [0.25, 0.3) is 0 Å². The van der Waals surface area contributed by atoms with Crippen molar-refractivity contribution in [2.24, 2.45) is 0 Å². The molecule has 0 saturated carbocycles. The Balaban J connectivity index is 2.08. The SMILES string of the molecule is OCCc1ccc(-c2nccc3ccccc23)cc1. The topological polar surface area (TPSA) is 33.1 Å². The molecule has 1 heterocycles. The highest BCUT2D eigenvalue weighted by Gasteiger charge is 2.04. The summed E-state index contributed by atoms with van der Waals surface area (Å²) in [5.41, 5.74) is 3.26. The lowest BCUT2D eigenvalue weighted by Crippen LogP contribution is -1.91. The largest absolute Gasteiger partial charge is 0.396 e. The lowest BCUT2D eigenvalue weighted by Gasteiger charge is -2.06. The third kappa shape index (κ3) is 2.35. The number of hydrogen-bond donors (Lipinski definition) is 1. The van der Waals surface area contributed by atoms with Gasteiger partial charge in [-0.2, -0.15) is 0 Å². The number of nitrogens with zero attached hydrogens (tertiary/aromatic N) is 1. The van der Waals surface area contributed by atoms with Crippen LogP contribution in [0.25, 0.3) is 22.0 Å². The third-order valence-electron chi connectivity index (χ3n) is 3.30.